The van der Waals surface area contributed by atoms with Crippen LogP contribution < -0.4 is 16.4 Å². The third kappa shape index (κ3) is 4.11. The van der Waals surface area contributed by atoms with Gasteiger partial charge in [-0.3, -0.25) is 9.59 Å². The number of nitrogens with one attached hydrogen (secondary N) is 2. The smallest absolute Gasteiger partial charge is 0.254 e. The molecule has 1 unspecified atom stereocenters. The van der Waals surface area contributed by atoms with Crippen molar-refractivity contribution in [2.24, 2.45) is 0 Å². The van der Waals surface area contributed by atoms with Gasteiger partial charge in [-0.25, -0.2) is 0 Å². The van der Waals surface area contributed by atoms with E-state index >= 15 is 0 Å². The summed E-state index contributed by atoms with van der Waals surface area (Å²) in [6, 6.07) is 4.59. The maximum Gasteiger partial charge on any atom is 0.254 e. The second kappa shape index (κ2) is 7.50. The van der Waals surface area contributed by atoms with E-state index in [1.54, 1.807) is 18.2 Å². The minimum Gasteiger partial charge on any atom is -0.398 e. The summed E-state index contributed by atoms with van der Waals surface area (Å²) < 4.78 is 0.814. The highest BCUT2D eigenvalue weighted by molar-refractivity contribution is 9.10. The molecule has 1 atom stereocenters. The van der Waals surface area contributed by atoms with Gasteiger partial charge in [-0.05, 0) is 37.5 Å². The molecule has 1 aliphatic heterocycles. The Morgan fingerprint density at radius 2 is 2.15 bits per heavy atom. The summed E-state index contributed by atoms with van der Waals surface area (Å²) >= 11 is 3.29. The molecule has 0 spiro atoms. The van der Waals surface area contributed by atoms with Crippen molar-refractivity contribution in [2.45, 2.75) is 25.3 Å². The first-order valence-electron chi connectivity index (χ1n) is 6.21. The van der Waals surface area contributed by atoms with E-state index in [-0.39, 0.29) is 24.2 Å². The average Bonchev–Trinajstić information content (AvgIpc) is 2.55. The Morgan fingerprint density at radius 3 is 2.85 bits per heavy atom. The molecule has 1 saturated heterocycles. The molecular formula is C13H17BrClN3O2. The van der Waals surface area contributed by atoms with Gasteiger partial charge in [-0.15, -0.1) is 12.4 Å². The maximum atomic E-state index is 12.1. The van der Waals surface area contributed by atoms with Crippen LogP contribution in [-0.4, -0.2) is 24.4 Å². The van der Waals surface area contributed by atoms with E-state index in [4.69, 9.17) is 5.73 Å². The molecule has 0 aliphatic carbocycles. The van der Waals surface area contributed by atoms with Crippen LogP contribution in [0.1, 0.15) is 29.6 Å². The number of hydrogen-bond acceptors (Lipinski definition) is 3. The van der Waals surface area contributed by atoms with Crippen molar-refractivity contribution in [1.82, 2.24) is 10.6 Å². The van der Waals surface area contributed by atoms with Crippen LogP contribution in [0, 0.1) is 0 Å². The predicted molar refractivity (Wildman–Crippen MR) is 83.9 cm³/mol. The molecule has 0 aromatic heterocycles. The van der Waals surface area contributed by atoms with Gasteiger partial charge < -0.3 is 16.4 Å². The molecule has 1 aliphatic rings. The average molecular weight is 363 g/mol. The Balaban J connectivity index is 0.00000200. The Kier molecular flexibility index (Phi) is 6.29. The molecular weight excluding hydrogens is 346 g/mol. The number of anilines is 1. The largest absolute Gasteiger partial charge is 0.398 e. The molecule has 5 nitrogen and oxygen atoms in total. The predicted octanol–water partition coefficient (Wildman–Crippen LogP) is 1.85. The lowest BCUT2D eigenvalue weighted by Crippen LogP contribution is -2.45. The van der Waals surface area contributed by atoms with Crippen molar-refractivity contribution in [3.8, 4) is 0 Å². The van der Waals surface area contributed by atoms with Gasteiger partial charge in [0.1, 0.15) is 6.04 Å². The molecule has 2 amide bonds. The molecule has 0 radical (unpaired) electrons. The van der Waals surface area contributed by atoms with Gasteiger partial charge in [0.15, 0.2) is 0 Å². The lowest BCUT2D eigenvalue weighted by Gasteiger charge is -2.16. The number of halogens is 2. The van der Waals surface area contributed by atoms with Crippen LogP contribution >= 0.6 is 28.3 Å². The van der Waals surface area contributed by atoms with Crippen molar-refractivity contribution < 1.29 is 9.59 Å². The topological polar surface area (TPSA) is 84.2 Å². The number of carbonyl (C=O) groups excluding carboxylic acids is 2. The Bertz CT molecular complexity index is 510. The number of nitrogen functional groups attached to an aromatic ring is 1. The van der Waals surface area contributed by atoms with Gasteiger partial charge in [0, 0.05) is 16.7 Å². The van der Waals surface area contributed by atoms with Gasteiger partial charge in [-0.1, -0.05) is 15.9 Å². The van der Waals surface area contributed by atoms with Crippen molar-refractivity contribution in [2.75, 3.05) is 12.3 Å². The van der Waals surface area contributed by atoms with E-state index in [2.05, 4.69) is 26.6 Å². The number of rotatable bonds is 2. The molecule has 4 N–H and O–H groups in total. The van der Waals surface area contributed by atoms with Crippen LogP contribution in [0.4, 0.5) is 5.69 Å². The summed E-state index contributed by atoms with van der Waals surface area (Å²) in [5.74, 6) is -0.436. The SMILES string of the molecule is Cl.Nc1cc(Br)ccc1C(=O)NC1CCCCNC1=O. The fraction of sp³-hybridized carbons (Fsp3) is 0.385. The van der Waals surface area contributed by atoms with Gasteiger partial charge >= 0.3 is 0 Å². The molecule has 7 heteroatoms. The van der Waals surface area contributed by atoms with Crippen molar-refractivity contribution in [3.63, 3.8) is 0 Å². The molecule has 1 heterocycles. The van der Waals surface area contributed by atoms with Crippen molar-refractivity contribution >= 4 is 45.8 Å². The van der Waals surface area contributed by atoms with Crippen LogP contribution in [0.3, 0.4) is 0 Å². The molecule has 1 fully saturated rings. The van der Waals surface area contributed by atoms with Gasteiger partial charge in [0.05, 0.1) is 5.56 Å². The molecule has 0 bridgehead atoms. The van der Waals surface area contributed by atoms with E-state index in [1.165, 1.54) is 0 Å². The van der Waals surface area contributed by atoms with Crippen LogP contribution in [-0.2, 0) is 4.79 Å². The summed E-state index contributed by atoms with van der Waals surface area (Å²) in [6.45, 7) is 0.672. The second-order valence-corrected chi connectivity index (χ2v) is 5.46. The third-order valence-electron chi connectivity index (χ3n) is 3.10. The third-order valence-corrected chi connectivity index (χ3v) is 3.59. The number of amides is 2. The fourth-order valence-corrected chi connectivity index (χ4v) is 2.43. The van der Waals surface area contributed by atoms with E-state index in [0.717, 1.165) is 17.3 Å². The van der Waals surface area contributed by atoms with E-state index < -0.39 is 6.04 Å². The van der Waals surface area contributed by atoms with Crippen LogP contribution in [0.2, 0.25) is 0 Å². The van der Waals surface area contributed by atoms with E-state index in [9.17, 15) is 9.59 Å². The monoisotopic (exact) mass is 361 g/mol. The highest BCUT2D eigenvalue weighted by Crippen LogP contribution is 2.19. The zero-order valence-corrected chi connectivity index (χ0v) is 13.2. The molecule has 0 saturated carbocycles. The molecule has 110 valence electrons. The number of hydrogen-bond donors (Lipinski definition) is 3. The summed E-state index contributed by atoms with van der Waals surface area (Å²) in [6.07, 6.45) is 2.52. The van der Waals surface area contributed by atoms with E-state index in [0.29, 0.717) is 24.2 Å². The van der Waals surface area contributed by atoms with Crippen molar-refractivity contribution in [1.29, 1.82) is 0 Å². The standard InChI is InChI=1S/C13H16BrN3O2.ClH/c14-8-4-5-9(10(15)7-8)12(18)17-11-3-1-2-6-16-13(11)19;/h4-5,7,11H,1-3,6,15H2,(H,16,19)(H,17,18);1H. The minimum absolute atomic E-state index is 0. The molecule has 1 aromatic carbocycles. The second-order valence-electron chi connectivity index (χ2n) is 4.54. The van der Waals surface area contributed by atoms with Crippen LogP contribution in [0.5, 0.6) is 0 Å². The number of carbonyl (C=O) groups is 2. The molecule has 20 heavy (non-hydrogen) atoms. The summed E-state index contributed by atoms with van der Waals surface area (Å²) in [4.78, 5) is 23.9. The summed E-state index contributed by atoms with van der Waals surface area (Å²) in [7, 11) is 0. The quantitative estimate of drug-likeness (QED) is 0.702. The van der Waals surface area contributed by atoms with Crippen molar-refractivity contribution in [3.05, 3.63) is 28.2 Å². The summed E-state index contributed by atoms with van der Waals surface area (Å²) in [5.41, 5.74) is 6.58. The fourth-order valence-electron chi connectivity index (χ4n) is 2.05. The number of nitrogens with two attached hydrogens (primary N) is 1. The van der Waals surface area contributed by atoms with E-state index in [1.807, 2.05) is 0 Å². The maximum absolute atomic E-state index is 12.1. The first-order valence-corrected chi connectivity index (χ1v) is 7.01. The Hall–Kier alpha value is -1.27. The minimum atomic E-state index is -0.474. The van der Waals surface area contributed by atoms with Gasteiger partial charge in [-0.2, -0.15) is 0 Å². The Morgan fingerprint density at radius 1 is 1.40 bits per heavy atom. The molecule has 1 aromatic rings. The Labute approximate surface area is 132 Å². The van der Waals surface area contributed by atoms with Crippen LogP contribution in [0.15, 0.2) is 22.7 Å². The zero-order chi connectivity index (χ0) is 13.8. The highest BCUT2D eigenvalue weighted by atomic mass is 79.9. The van der Waals surface area contributed by atoms with Gasteiger partial charge in [0.2, 0.25) is 5.91 Å². The van der Waals surface area contributed by atoms with Crippen LogP contribution in [0.25, 0.3) is 0 Å². The zero-order valence-electron chi connectivity index (χ0n) is 10.8. The van der Waals surface area contributed by atoms with Gasteiger partial charge in [0.25, 0.3) is 5.91 Å². The first kappa shape index (κ1) is 16.8. The lowest BCUT2D eigenvalue weighted by atomic mass is 10.1. The first-order chi connectivity index (χ1) is 9.08. The highest BCUT2D eigenvalue weighted by Gasteiger charge is 2.23. The normalized spacial score (nSPS) is 18.4. The molecule has 2 rings (SSSR count). The lowest BCUT2D eigenvalue weighted by molar-refractivity contribution is -0.122. The number of benzene rings is 1. The summed E-state index contributed by atoms with van der Waals surface area (Å²) in [5, 5.41) is 5.52.